The minimum absolute atomic E-state index is 0.0211. The average molecular weight is 223 g/mol. The molecular formula is C9H9F4NO. The van der Waals surface area contributed by atoms with Crippen molar-refractivity contribution >= 4 is 5.69 Å². The maximum atomic E-state index is 13.0. The van der Waals surface area contributed by atoms with E-state index in [2.05, 4.69) is 5.32 Å². The van der Waals surface area contributed by atoms with E-state index in [1.807, 2.05) is 0 Å². The van der Waals surface area contributed by atoms with Gasteiger partial charge in [-0.15, -0.1) is 0 Å². The summed E-state index contributed by atoms with van der Waals surface area (Å²) >= 11 is 0. The smallest absolute Gasteiger partial charge is 0.185 e. The Labute approximate surface area is 83.5 Å². The van der Waals surface area contributed by atoms with E-state index in [1.54, 1.807) is 0 Å². The summed E-state index contributed by atoms with van der Waals surface area (Å²) in [5.74, 6) is -5.85. The van der Waals surface area contributed by atoms with Gasteiger partial charge in [0.2, 0.25) is 0 Å². The Kier molecular flexibility index (Phi) is 3.90. The van der Waals surface area contributed by atoms with E-state index in [-0.39, 0.29) is 25.6 Å². The third kappa shape index (κ3) is 2.59. The maximum Gasteiger partial charge on any atom is 0.185 e. The lowest BCUT2D eigenvalue weighted by Crippen LogP contribution is -2.09. The molecule has 2 N–H and O–H groups in total. The van der Waals surface area contributed by atoms with E-state index in [0.717, 1.165) is 0 Å². The van der Waals surface area contributed by atoms with Crippen molar-refractivity contribution in [2.24, 2.45) is 0 Å². The lowest BCUT2D eigenvalue weighted by molar-refractivity contribution is 0.292. The van der Waals surface area contributed by atoms with Crippen LogP contribution in [0, 0.1) is 23.3 Å². The second-order valence-corrected chi connectivity index (χ2v) is 2.85. The first-order valence-electron chi connectivity index (χ1n) is 4.25. The molecule has 6 heteroatoms. The van der Waals surface area contributed by atoms with E-state index in [4.69, 9.17) is 5.11 Å². The number of anilines is 1. The minimum atomic E-state index is -1.47. The molecule has 0 amide bonds. The Morgan fingerprint density at radius 3 is 2.07 bits per heavy atom. The molecule has 0 aliphatic carbocycles. The van der Waals surface area contributed by atoms with Crippen LogP contribution in [0.2, 0.25) is 0 Å². The third-order valence-electron chi connectivity index (χ3n) is 1.75. The molecule has 15 heavy (non-hydrogen) atoms. The van der Waals surface area contributed by atoms with Gasteiger partial charge in [0.25, 0.3) is 0 Å². The van der Waals surface area contributed by atoms with Gasteiger partial charge in [0, 0.05) is 19.2 Å². The normalized spacial score (nSPS) is 10.5. The summed E-state index contributed by atoms with van der Waals surface area (Å²) in [6.45, 7) is -0.165. The van der Waals surface area contributed by atoms with Crippen LogP contribution in [0.5, 0.6) is 0 Å². The van der Waals surface area contributed by atoms with Crippen molar-refractivity contribution in [3.05, 3.63) is 29.3 Å². The lowest BCUT2D eigenvalue weighted by Gasteiger charge is -2.08. The zero-order valence-electron chi connectivity index (χ0n) is 7.66. The predicted molar refractivity (Wildman–Crippen MR) is 46.5 cm³/mol. The number of hydrogen-bond donors (Lipinski definition) is 2. The van der Waals surface area contributed by atoms with E-state index in [9.17, 15) is 17.6 Å². The van der Waals surface area contributed by atoms with Crippen LogP contribution in [0.25, 0.3) is 0 Å². The first-order valence-corrected chi connectivity index (χ1v) is 4.25. The molecule has 0 aliphatic rings. The fourth-order valence-electron chi connectivity index (χ4n) is 1.02. The number of nitrogens with one attached hydrogen (secondary N) is 1. The quantitative estimate of drug-likeness (QED) is 0.465. The minimum Gasteiger partial charge on any atom is -0.396 e. The van der Waals surface area contributed by atoms with Crippen molar-refractivity contribution < 1.29 is 22.7 Å². The molecule has 1 aromatic rings. The third-order valence-corrected chi connectivity index (χ3v) is 1.75. The van der Waals surface area contributed by atoms with E-state index in [1.165, 1.54) is 0 Å². The van der Waals surface area contributed by atoms with E-state index >= 15 is 0 Å². The highest BCUT2D eigenvalue weighted by molar-refractivity contribution is 5.47. The topological polar surface area (TPSA) is 32.3 Å². The maximum absolute atomic E-state index is 13.0. The largest absolute Gasteiger partial charge is 0.396 e. The molecule has 84 valence electrons. The SMILES string of the molecule is OCCCNc1c(F)c(F)cc(F)c1F. The van der Waals surface area contributed by atoms with Gasteiger partial charge in [-0.3, -0.25) is 0 Å². The van der Waals surface area contributed by atoms with Gasteiger partial charge >= 0.3 is 0 Å². The zero-order chi connectivity index (χ0) is 11.4. The van der Waals surface area contributed by atoms with Gasteiger partial charge < -0.3 is 10.4 Å². The Hall–Kier alpha value is -1.30. The van der Waals surface area contributed by atoms with E-state index in [0.29, 0.717) is 0 Å². The molecule has 0 radical (unpaired) electrons. The molecule has 0 aliphatic heterocycles. The number of rotatable bonds is 4. The number of aliphatic hydroxyl groups is 1. The zero-order valence-corrected chi connectivity index (χ0v) is 7.66. The average Bonchev–Trinajstić information content (AvgIpc) is 2.20. The van der Waals surface area contributed by atoms with E-state index < -0.39 is 29.0 Å². The molecule has 0 aromatic heterocycles. The molecule has 2 nitrogen and oxygen atoms in total. The Bertz CT molecular complexity index is 330. The highest BCUT2D eigenvalue weighted by atomic mass is 19.2. The molecule has 0 spiro atoms. The number of benzene rings is 1. The van der Waals surface area contributed by atoms with Crippen molar-refractivity contribution in [2.45, 2.75) is 6.42 Å². The monoisotopic (exact) mass is 223 g/mol. The van der Waals surface area contributed by atoms with Gasteiger partial charge in [-0.05, 0) is 6.42 Å². The molecule has 0 bridgehead atoms. The highest BCUT2D eigenvalue weighted by Gasteiger charge is 2.18. The second kappa shape index (κ2) is 4.97. The summed E-state index contributed by atoms with van der Waals surface area (Å²) in [6.07, 6.45) is 0.219. The molecule has 0 fully saturated rings. The summed E-state index contributed by atoms with van der Waals surface area (Å²) < 4.78 is 51.2. The van der Waals surface area contributed by atoms with Gasteiger partial charge in [0.1, 0.15) is 5.69 Å². The molecule has 1 rings (SSSR count). The van der Waals surface area contributed by atoms with Gasteiger partial charge in [-0.2, -0.15) is 0 Å². The van der Waals surface area contributed by atoms with Crippen LogP contribution in [0.15, 0.2) is 6.07 Å². The molecule has 0 atom stereocenters. The van der Waals surface area contributed by atoms with Crippen LogP contribution >= 0.6 is 0 Å². The van der Waals surface area contributed by atoms with Crippen molar-refractivity contribution in [1.82, 2.24) is 0 Å². The molecule has 0 saturated carbocycles. The Morgan fingerprint density at radius 1 is 1.07 bits per heavy atom. The molecule has 0 saturated heterocycles. The fraction of sp³-hybridized carbons (Fsp3) is 0.333. The first-order chi connectivity index (χ1) is 7.07. The highest BCUT2D eigenvalue weighted by Crippen LogP contribution is 2.23. The van der Waals surface area contributed by atoms with Crippen molar-refractivity contribution in [3.63, 3.8) is 0 Å². The predicted octanol–water partition coefficient (Wildman–Crippen LogP) is 2.04. The molecule has 0 unspecified atom stereocenters. The number of aliphatic hydroxyl groups excluding tert-OH is 1. The summed E-state index contributed by atoms with van der Waals surface area (Å²) in [6, 6.07) is 0.141. The van der Waals surface area contributed by atoms with Crippen LogP contribution in [0.1, 0.15) is 6.42 Å². The van der Waals surface area contributed by atoms with Crippen molar-refractivity contribution in [1.29, 1.82) is 0 Å². The van der Waals surface area contributed by atoms with Crippen LogP contribution < -0.4 is 5.32 Å². The Balaban J connectivity index is 2.94. The summed E-state index contributed by atoms with van der Waals surface area (Å²) in [5.41, 5.74) is -0.846. The molecule has 1 aromatic carbocycles. The standard InChI is InChI=1S/C9H9F4NO/c10-5-4-6(11)8(13)9(7(5)12)14-2-1-3-15/h4,14-15H,1-3H2. The van der Waals surface area contributed by atoms with Crippen LogP contribution in [0.4, 0.5) is 23.2 Å². The van der Waals surface area contributed by atoms with Gasteiger partial charge in [0.15, 0.2) is 23.3 Å². The number of halogens is 4. The van der Waals surface area contributed by atoms with Gasteiger partial charge in [0.05, 0.1) is 0 Å². The molecule has 0 heterocycles. The Morgan fingerprint density at radius 2 is 1.60 bits per heavy atom. The summed E-state index contributed by atoms with van der Waals surface area (Å²) in [7, 11) is 0. The number of hydrogen-bond acceptors (Lipinski definition) is 2. The second-order valence-electron chi connectivity index (χ2n) is 2.85. The molecular weight excluding hydrogens is 214 g/mol. The summed E-state index contributed by atoms with van der Waals surface area (Å²) in [4.78, 5) is 0. The van der Waals surface area contributed by atoms with Crippen LogP contribution in [-0.4, -0.2) is 18.3 Å². The van der Waals surface area contributed by atoms with Crippen molar-refractivity contribution in [3.8, 4) is 0 Å². The van der Waals surface area contributed by atoms with Gasteiger partial charge in [-0.25, -0.2) is 17.6 Å². The van der Waals surface area contributed by atoms with Gasteiger partial charge in [-0.1, -0.05) is 0 Å². The summed E-state index contributed by atoms with van der Waals surface area (Å²) in [5, 5.41) is 10.6. The van der Waals surface area contributed by atoms with Crippen LogP contribution in [-0.2, 0) is 0 Å². The first kappa shape index (κ1) is 11.8. The van der Waals surface area contributed by atoms with Crippen LogP contribution in [0.3, 0.4) is 0 Å². The fourth-order valence-corrected chi connectivity index (χ4v) is 1.02. The lowest BCUT2D eigenvalue weighted by atomic mass is 10.2. The van der Waals surface area contributed by atoms with Crippen molar-refractivity contribution in [2.75, 3.05) is 18.5 Å².